The average molecular weight is 868 g/mol. The maximum absolute atomic E-state index is 13.8. The number of thioether (sulfide) groups is 2. The lowest BCUT2D eigenvalue weighted by Gasteiger charge is -2.26. The van der Waals surface area contributed by atoms with Crippen molar-refractivity contribution in [3.05, 3.63) is 97.7 Å². The first-order valence-corrected chi connectivity index (χ1v) is 21.3. The molecule has 0 aliphatic carbocycles. The highest BCUT2D eigenvalue weighted by atomic mass is 79.9. The summed E-state index contributed by atoms with van der Waals surface area (Å²) < 4.78 is 76.9. The topological polar surface area (TPSA) is 131 Å². The molecule has 1 fully saturated rings. The van der Waals surface area contributed by atoms with Crippen molar-refractivity contribution in [2.24, 2.45) is 0 Å². The summed E-state index contributed by atoms with van der Waals surface area (Å²) in [5.41, 5.74) is -7.07. The van der Waals surface area contributed by atoms with Crippen LogP contribution in [0.15, 0.2) is 69.9 Å². The van der Waals surface area contributed by atoms with Crippen molar-refractivity contribution in [2.75, 3.05) is 25.4 Å². The van der Waals surface area contributed by atoms with Gasteiger partial charge in [0.25, 0.3) is 0 Å². The van der Waals surface area contributed by atoms with E-state index >= 15 is 0 Å². The summed E-state index contributed by atoms with van der Waals surface area (Å²) in [5, 5.41) is 0. The first-order valence-electron chi connectivity index (χ1n) is 14.1. The van der Waals surface area contributed by atoms with Gasteiger partial charge in [-0.1, -0.05) is 62.5 Å². The SMILES string of the molecule is O=P(O)(O)C(F)(F)c1ccc(CSCCN2CCCCC2)cc1Br.O=P(O)(O)C(F)(F)c1ccc(CSCc2ccncc2)cc1Br. The molecule has 3 aromatic rings. The highest BCUT2D eigenvalue weighted by molar-refractivity contribution is 9.10. The molecule has 47 heavy (non-hydrogen) atoms. The third-order valence-corrected chi connectivity index (χ3v) is 12.3. The number of benzene rings is 2. The smallest absolute Gasteiger partial charge is 0.320 e. The average Bonchev–Trinajstić information content (AvgIpc) is 2.99. The summed E-state index contributed by atoms with van der Waals surface area (Å²) in [6.45, 7) is 3.33. The highest BCUT2D eigenvalue weighted by Gasteiger charge is 2.52. The van der Waals surface area contributed by atoms with Crippen molar-refractivity contribution in [1.82, 2.24) is 9.88 Å². The number of aromatic nitrogens is 1. The lowest BCUT2D eigenvalue weighted by atomic mass is 10.1. The second-order valence-electron chi connectivity index (χ2n) is 10.6. The maximum atomic E-state index is 13.8. The Morgan fingerprint density at radius 3 is 1.60 bits per heavy atom. The van der Waals surface area contributed by atoms with Crippen molar-refractivity contribution in [3.8, 4) is 0 Å². The Bertz CT molecular complexity index is 1560. The van der Waals surface area contributed by atoms with Gasteiger partial charge >= 0.3 is 26.5 Å². The van der Waals surface area contributed by atoms with Gasteiger partial charge in [0.2, 0.25) is 0 Å². The van der Waals surface area contributed by atoms with Crippen LogP contribution in [0.25, 0.3) is 0 Å². The minimum atomic E-state index is -5.57. The molecule has 1 aliphatic heterocycles. The van der Waals surface area contributed by atoms with Gasteiger partial charge in [0.15, 0.2) is 0 Å². The Balaban J connectivity index is 0.000000256. The molecule has 1 saturated heterocycles. The summed E-state index contributed by atoms with van der Waals surface area (Å²) >= 11 is 9.30. The Labute approximate surface area is 296 Å². The van der Waals surface area contributed by atoms with Gasteiger partial charge in [0.1, 0.15) is 0 Å². The second-order valence-corrected chi connectivity index (χ2v) is 17.7. The van der Waals surface area contributed by atoms with Crippen molar-refractivity contribution >= 4 is 70.6 Å². The Morgan fingerprint density at radius 2 is 1.15 bits per heavy atom. The maximum Gasteiger partial charge on any atom is 0.399 e. The van der Waals surface area contributed by atoms with Crippen LogP contribution in [-0.4, -0.2) is 54.8 Å². The van der Waals surface area contributed by atoms with Crippen LogP contribution >= 0.6 is 70.6 Å². The van der Waals surface area contributed by atoms with Gasteiger partial charge in [-0.3, -0.25) is 14.1 Å². The monoisotopic (exact) mass is 866 g/mol. The van der Waals surface area contributed by atoms with Crippen LogP contribution in [0, 0.1) is 0 Å². The molecule has 0 amide bonds. The number of piperidine rings is 1. The molecule has 0 bridgehead atoms. The van der Waals surface area contributed by atoms with Crippen LogP contribution in [0.2, 0.25) is 0 Å². The van der Waals surface area contributed by atoms with Gasteiger partial charge in [-0.05, 0) is 66.9 Å². The van der Waals surface area contributed by atoms with E-state index in [1.54, 1.807) is 35.9 Å². The number of nitrogens with zero attached hydrogens (tertiary/aromatic N) is 2. The number of likely N-dealkylation sites (tertiary alicyclic amines) is 1. The molecule has 0 saturated carbocycles. The minimum absolute atomic E-state index is 0.0185. The van der Waals surface area contributed by atoms with Gasteiger partial charge in [-0.2, -0.15) is 41.1 Å². The predicted octanol–water partition coefficient (Wildman–Crippen LogP) is 8.90. The highest BCUT2D eigenvalue weighted by Crippen LogP contribution is 2.61. The zero-order valence-electron chi connectivity index (χ0n) is 24.8. The molecule has 8 nitrogen and oxygen atoms in total. The summed E-state index contributed by atoms with van der Waals surface area (Å²) in [7, 11) is -11.1. The van der Waals surface area contributed by atoms with Crippen LogP contribution in [-0.2, 0) is 37.7 Å². The molecule has 0 atom stereocenters. The van der Waals surface area contributed by atoms with Gasteiger partial charge in [-0.15, -0.1) is 0 Å². The molecule has 260 valence electrons. The molecule has 2 heterocycles. The molecule has 1 aliphatic rings. The molecule has 0 unspecified atom stereocenters. The lowest BCUT2D eigenvalue weighted by Crippen LogP contribution is -2.31. The molecule has 0 radical (unpaired) electrons. The molecule has 4 rings (SSSR count). The van der Waals surface area contributed by atoms with Crippen molar-refractivity contribution in [1.29, 1.82) is 0 Å². The number of halogens is 6. The third kappa shape index (κ3) is 11.9. The van der Waals surface area contributed by atoms with Crippen molar-refractivity contribution < 1.29 is 46.3 Å². The van der Waals surface area contributed by atoms with Gasteiger partial charge in [-0.25, -0.2) is 0 Å². The number of hydrogen-bond donors (Lipinski definition) is 4. The fourth-order valence-corrected chi connectivity index (χ4v) is 9.00. The van der Waals surface area contributed by atoms with E-state index in [0.29, 0.717) is 11.5 Å². The number of alkyl halides is 4. The molecule has 4 N–H and O–H groups in total. The van der Waals surface area contributed by atoms with Gasteiger partial charge in [0, 0.05) is 62.0 Å². The van der Waals surface area contributed by atoms with E-state index in [0.717, 1.165) is 60.0 Å². The number of rotatable bonds is 13. The fraction of sp³-hybridized carbons (Fsp3) is 0.414. The minimum Gasteiger partial charge on any atom is -0.320 e. The Morgan fingerprint density at radius 1 is 0.702 bits per heavy atom. The van der Waals surface area contributed by atoms with Gasteiger partial charge < -0.3 is 24.5 Å². The van der Waals surface area contributed by atoms with Crippen LogP contribution < -0.4 is 0 Å². The molecular weight excluding hydrogens is 834 g/mol. The summed E-state index contributed by atoms with van der Waals surface area (Å²) in [4.78, 5) is 41.6. The van der Waals surface area contributed by atoms with E-state index < -0.39 is 37.6 Å². The standard InChI is InChI=1S/C15H21BrF2NO3PS.C14H13BrF2NO3PS/c16-14-10-12(4-5-13(14)15(17,18)23(20,21)22)11-24-9-8-19-6-2-1-3-7-19;15-13-7-11(9-23-8-10-3-5-18-6-4-10)1-2-12(13)14(16,17)22(19,20)21/h4-5,10H,1-3,6-9,11H2,(H2,20,21,22);1-7H,8-9H2,(H2,19,20,21). The van der Waals surface area contributed by atoms with Crippen LogP contribution in [0.5, 0.6) is 0 Å². The quantitative estimate of drug-likeness (QED) is 0.0751. The van der Waals surface area contributed by atoms with E-state index in [4.69, 9.17) is 19.6 Å². The van der Waals surface area contributed by atoms with Crippen molar-refractivity contribution in [2.45, 2.75) is 47.8 Å². The molecule has 2 aromatic carbocycles. The molecular formula is C29H34Br2F4N2O6P2S2. The van der Waals surface area contributed by atoms with E-state index in [-0.39, 0.29) is 8.95 Å². The van der Waals surface area contributed by atoms with Crippen molar-refractivity contribution in [3.63, 3.8) is 0 Å². The predicted molar refractivity (Wildman–Crippen MR) is 186 cm³/mol. The largest absolute Gasteiger partial charge is 0.399 e. The molecule has 0 spiro atoms. The van der Waals surface area contributed by atoms with Crippen LogP contribution in [0.4, 0.5) is 17.6 Å². The van der Waals surface area contributed by atoms with Crippen LogP contribution in [0.3, 0.4) is 0 Å². The third-order valence-electron chi connectivity index (χ3n) is 7.00. The molecule has 18 heteroatoms. The summed E-state index contributed by atoms with van der Waals surface area (Å²) in [6.07, 6.45) is 7.22. The zero-order valence-corrected chi connectivity index (χ0v) is 31.4. The second kappa shape index (κ2) is 17.9. The van der Waals surface area contributed by atoms with E-state index in [9.17, 15) is 26.7 Å². The first-order chi connectivity index (χ1) is 21.9. The van der Waals surface area contributed by atoms with Gasteiger partial charge in [0.05, 0.1) is 0 Å². The lowest BCUT2D eigenvalue weighted by molar-refractivity contribution is 0.0557. The van der Waals surface area contributed by atoms with E-state index in [2.05, 4.69) is 41.7 Å². The first kappa shape index (κ1) is 40.7. The fourth-order valence-electron chi connectivity index (χ4n) is 4.43. The molecule has 1 aromatic heterocycles. The zero-order chi connectivity index (χ0) is 34.9. The number of pyridine rings is 1. The van der Waals surface area contributed by atoms with Crippen LogP contribution in [0.1, 0.15) is 47.1 Å². The van der Waals surface area contributed by atoms with E-state index in [1.807, 2.05) is 12.1 Å². The van der Waals surface area contributed by atoms with E-state index in [1.165, 1.54) is 43.5 Å². The Kier molecular flexibility index (Phi) is 15.5. The summed E-state index contributed by atoms with van der Waals surface area (Å²) in [5.74, 6) is 2.98. The number of hydrogen-bond acceptors (Lipinski definition) is 6. The normalized spacial score (nSPS) is 14.9. The Hall–Kier alpha value is -0.770. The summed E-state index contributed by atoms with van der Waals surface area (Å²) in [6, 6.07) is 11.8.